The Hall–Kier alpha value is -4.44. The summed E-state index contributed by atoms with van der Waals surface area (Å²) in [6.45, 7) is 0.226. The van der Waals surface area contributed by atoms with Gasteiger partial charge in [-0.25, -0.2) is 9.78 Å². The molecule has 10 heteroatoms. The van der Waals surface area contributed by atoms with Gasteiger partial charge in [-0.05, 0) is 11.1 Å². The lowest BCUT2D eigenvalue weighted by molar-refractivity contribution is -0.141. The zero-order valence-electron chi connectivity index (χ0n) is 18.2. The standard InChI is InChI=1S/C24H20N6O4/c1-34-13-17-19(16-10-6-3-7-11-16)21-27-26-20-22(30(21)28-17)25-14-29(23(20)31)18(24(32)33)12-15-8-4-2-5-9-15/h2-11,14,18H,12-13H2,1H3,(H,32,33). The quantitative estimate of drug-likeness (QED) is 0.396. The number of aliphatic carboxylic acids is 1. The van der Waals surface area contributed by atoms with E-state index in [1.807, 2.05) is 60.7 Å². The van der Waals surface area contributed by atoms with Crippen LogP contribution in [0.2, 0.25) is 0 Å². The molecule has 0 saturated carbocycles. The normalized spacial score (nSPS) is 12.3. The third-order valence-electron chi connectivity index (χ3n) is 5.57. The number of nitrogens with zero attached hydrogens (tertiary/aromatic N) is 6. The molecule has 0 fully saturated rings. The van der Waals surface area contributed by atoms with E-state index in [-0.39, 0.29) is 24.2 Å². The van der Waals surface area contributed by atoms with Crippen LogP contribution in [0.4, 0.5) is 0 Å². The number of fused-ring (bicyclic) bond motifs is 3. The summed E-state index contributed by atoms with van der Waals surface area (Å²) >= 11 is 0. The van der Waals surface area contributed by atoms with Crippen molar-refractivity contribution >= 4 is 22.8 Å². The maximum absolute atomic E-state index is 13.3. The highest BCUT2D eigenvalue weighted by Crippen LogP contribution is 2.28. The van der Waals surface area contributed by atoms with Crippen molar-refractivity contribution in [3.63, 3.8) is 0 Å². The maximum Gasteiger partial charge on any atom is 0.327 e. The van der Waals surface area contributed by atoms with E-state index in [1.54, 1.807) is 7.11 Å². The van der Waals surface area contributed by atoms with Gasteiger partial charge in [0.2, 0.25) is 0 Å². The molecule has 3 aromatic heterocycles. The minimum Gasteiger partial charge on any atom is -0.480 e. The summed E-state index contributed by atoms with van der Waals surface area (Å²) in [5, 5.41) is 22.8. The molecule has 0 aliphatic carbocycles. The minimum atomic E-state index is -1.15. The summed E-state index contributed by atoms with van der Waals surface area (Å²) in [5.41, 5.74) is 2.95. The largest absolute Gasteiger partial charge is 0.480 e. The first-order valence-corrected chi connectivity index (χ1v) is 10.5. The van der Waals surface area contributed by atoms with Gasteiger partial charge in [0.1, 0.15) is 12.4 Å². The molecule has 34 heavy (non-hydrogen) atoms. The third-order valence-corrected chi connectivity index (χ3v) is 5.57. The van der Waals surface area contributed by atoms with Crippen molar-refractivity contribution in [3.8, 4) is 11.1 Å². The van der Waals surface area contributed by atoms with E-state index in [0.717, 1.165) is 21.3 Å². The van der Waals surface area contributed by atoms with Gasteiger partial charge in [0.25, 0.3) is 5.56 Å². The molecule has 0 aliphatic rings. The second kappa shape index (κ2) is 8.83. The minimum absolute atomic E-state index is 0.0691. The molecule has 0 radical (unpaired) electrons. The van der Waals surface area contributed by atoms with E-state index in [2.05, 4.69) is 20.3 Å². The third kappa shape index (κ3) is 3.69. The molecule has 1 atom stereocenters. The molecule has 170 valence electrons. The SMILES string of the molecule is COCc1nn2c(nnc3c(=O)n(C(Cc4ccccc4)C(=O)O)cnc32)c1-c1ccccc1. The van der Waals surface area contributed by atoms with Crippen molar-refractivity contribution in [3.05, 3.63) is 88.6 Å². The Morgan fingerprint density at radius 3 is 2.41 bits per heavy atom. The number of carbonyl (C=O) groups is 1. The van der Waals surface area contributed by atoms with Crippen LogP contribution >= 0.6 is 0 Å². The highest BCUT2D eigenvalue weighted by atomic mass is 16.5. The molecule has 0 aliphatic heterocycles. The van der Waals surface area contributed by atoms with Crippen molar-refractivity contribution in [2.24, 2.45) is 0 Å². The monoisotopic (exact) mass is 456 g/mol. The van der Waals surface area contributed by atoms with Gasteiger partial charge in [-0.2, -0.15) is 9.61 Å². The summed E-state index contributed by atoms with van der Waals surface area (Å²) in [6.07, 6.45) is 1.35. The van der Waals surface area contributed by atoms with Gasteiger partial charge in [0.05, 0.1) is 17.9 Å². The van der Waals surface area contributed by atoms with Gasteiger partial charge in [-0.15, -0.1) is 10.2 Å². The number of rotatable bonds is 7. The summed E-state index contributed by atoms with van der Waals surface area (Å²) in [4.78, 5) is 29.7. The van der Waals surface area contributed by atoms with Crippen LogP contribution < -0.4 is 5.56 Å². The van der Waals surface area contributed by atoms with E-state index in [4.69, 9.17) is 4.74 Å². The van der Waals surface area contributed by atoms with Crippen LogP contribution in [0.25, 0.3) is 27.9 Å². The van der Waals surface area contributed by atoms with Crippen molar-refractivity contribution in [1.82, 2.24) is 29.4 Å². The summed E-state index contributed by atoms with van der Waals surface area (Å²) in [6, 6.07) is 17.5. The fourth-order valence-electron chi connectivity index (χ4n) is 3.98. The lowest BCUT2D eigenvalue weighted by atomic mass is 10.1. The van der Waals surface area contributed by atoms with Crippen LogP contribution in [0.5, 0.6) is 0 Å². The Labute approximate surface area is 193 Å². The number of ether oxygens (including phenoxy) is 1. The molecule has 10 nitrogen and oxygen atoms in total. The van der Waals surface area contributed by atoms with Crippen LogP contribution in [0.3, 0.4) is 0 Å². The number of methoxy groups -OCH3 is 1. The second-order valence-electron chi connectivity index (χ2n) is 7.73. The highest BCUT2D eigenvalue weighted by molar-refractivity contribution is 5.83. The molecule has 2 aromatic carbocycles. The average Bonchev–Trinajstić information content (AvgIpc) is 3.23. The molecule has 5 rings (SSSR count). The van der Waals surface area contributed by atoms with E-state index >= 15 is 0 Å². The fraction of sp³-hybridized carbons (Fsp3) is 0.167. The summed E-state index contributed by atoms with van der Waals surface area (Å²) in [5.74, 6) is -1.14. The molecule has 0 bridgehead atoms. The van der Waals surface area contributed by atoms with Gasteiger partial charge in [0, 0.05) is 13.5 Å². The average molecular weight is 456 g/mol. The van der Waals surface area contributed by atoms with E-state index in [0.29, 0.717) is 11.3 Å². The van der Waals surface area contributed by atoms with Crippen LogP contribution in [0.1, 0.15) is 17.3 Å². The number of benzene rings is 2. The topological polar surface area (TPSA) is 124 Å². The van der Waals surface area contributed by atoms with E-state index < -0.39 is 17.6 Å². The summed E-state index contributed by atoms with van der Waals surface area (Å²) in [7, 11) is 1.57. The number of aromatic nitrogens is 6. The highest BCUT2D eigenvalue weighted by Gasteiger charge is 2.25. The number of carboxylic acid groups (broad SMARTS) is 1. The van der Waals surface area contributed by atoms with Crippen LogP contribution in [0.15, 0.2) is 71.8 Å². The molecular formula is C24H20N6O4. The number of carboxylic acids is 1. The van der Waals surface area contributed by atoms with Crippen molar-refractivity contribution in [2.75, 3.05) is 7.11 Å². The van der Waals surface area contributed by atoms with Gasteiger partial charge in [-0.3, -0.25) is 9.36 Å². The van der Waals surface area contributed by atoms with E-state index in [9.17, 15) is 14.7 Å². The van der Waals surface area contributed by atoms with Gasteiger partial charge < -0.3 is 9.84 Å². The Bertz CT molecular complexity index is 1550. The lowest BCUT2D eigenvalue weighted by Gasteiger charge is -2.15. The fourth-order valence-corrected chi connectivity index (χ4v) is 3.98. The van der Waals surface area contributed by atoms with Crippen LogP contribution in [0, 0.1) is 0 Å². The van der Waals surface area contributed by atoms with Gasteiger partial charge >= 0.3 is 5.97 Å². The lowest BCUT2D eigenvalue weighted by Crippen LogP contribution is -2.32. The van der Waals surface area contributed by atoms with Crippen LogP contribution in [-0.2, 0) is 22.6 Å². The maximum atomic E-state index is 13.3. The molecule has 3 heterocycles. The van der Waals surface area contributed by atoms with Crippen molar-refractivity contribution in [2.45, 2.75) is 19.1 Å². The second-order valence-corrected chi connectivity index (χ2v) is 7.73. The zero-order chi connectivity index (χ0) is 23.7. The molecular weight excluding hydrogens is 436 g/mol. The van der Waals surface area contributed by atoms with Crippen LogP contribution in [-0.4, -0.2) is 47.5 Å². The molecule has 1 unspecified atom stereocenters. The van der Waals surface area contributed by atoms with Gasteiger partial charge in [0.15, 0.2) is 16.8 Å². The Kier molecular flexibility index (Phi) is 5.56. The summed E-state index contributed by atoms with van der Waals surface area (Å²) < 4.78 is 7.85. The van der Waals surface area contributed by atoms with Crippen molar-refractivity contribution in [1.29, 1.82) is 0 Å². The predicted molar refractivity (Wildman–Crippen MR) is 123 cm³/mol. The van der Waals surface area contributed by atoms with Crippen molar-refractivity contribution < 1.29 is 14.6 Å². The molecule has 0 amide bonds. The van der Waals surface area contributed by atoms with Gasteiger partial charge in [-0.1, -0.05) is 60.7 Å². The smallest absolute Gasteiger partial charge is 0.327 e. The van der Waals surface area contributed by atoms with E-state index in [1.165, 1.54) is 10.8 Å². The zero-order valence-corrected chi connectivity index (χ0v) is 18.2. The Morgan fingerprint density at radius 2 is 1.74 bits per heavy atom. The Balaban J connectivity index is 1.68. The molecule has 5 aromatic rings. The Morgan fingerprint density at radius 1 is 1.03 bits per heavy atom. The number of hydrogen-bond acceptors (Lipinski definition) is 7. The molecule has 1 N–H and O–H groups in total. The number of hydrogen-bond donors (Lipinski definition) is 1. The molecule has 0 spiro atoms. The molecule has 0 saturated heterocycles. The first-order chi connectivity index (χ1) is 16.6. The first kappa shape index (κ1) is 21.4. The first-order valence-electron chi connectivity index (χ1n) is 10.5. The predicted octanol–water partition coefficient (Wildman–Crippen LogP) is 2.52.